The summed E-state index contributed by atoms with van der Waals surface area (Å²) in [5, 5.41) is 0.0909. The fraction of sp³-hybridized carbons (Fsp3) is 0.278. The van der Waals surface area contributed by atoms with Crippen molar-refractivity contribution in [1.29, 1.82) is 0 Å². The Morgan fingerprint density at radius 3 is 2.18 bits per heavy atom. The van der Waals surface area contributed by atoms with E-state index < -0.39 is 16.1 Å². The molecule has 0 radical (unpaired) electrons. The number of carbonyl (C=O) groups is 1. The summed E-state index contributed by atoms with van der Waals surface area (Å²) >= 11 is 15.5. The normalized spacial score (nSPS) is 15.5. The molecule has 1 heterocycles. The molecule has 0 aromatic heterocycles. The number of carbonyl (C=O) groups excluding carboxylic acids is 1. The Bertz CT molecular complexity index is 942. The third-order valence-corrected chi connectivity index (χ3v) is 7.54. The zero-order valence-corrected chi connectivity index (χ0v) is 18.6. The first-order chi connectivity index (χ1) is 13.3. The van der Waals surface area contributed by atoms with Crippen LogP contribution in [0, 0.1) is 0 Å². The molecule has 1 saturated heterocycles. The topological polar surface area (TPSA) is 66.9 Å². The molecular weight excluding hydrogens is 491 g/mol. The van der Waals surface area contributed by atoms with Crippen LogP contribution in [-0.4, -0.2) is 49.9 Å². The Labute approximate surface area is 182 Å². The van der Waals surface area contributed by atoms with Gasteiger partial charge in [-0.05, 0) is 17.7 Å². The Kier molecular flexibility index (Phi) is 6.88. The minimum atomic E-state index is -3.87. The molecule has 2 aromatic rings. The second-order valence-electron chi connectivity index (χ2n) is 6.13. The highest BCUT2D eigenvalue weighted by Crippen LogP contribution is 2.35. The van der Waals surface area contributed by atoms with Crippen LogP contribution in [0.2, 0.25) is 10.0 Å². The highest BCUT2D eigenvalue weighted by atomic mass is 79.9. The number of benzene rings is 2. The molecular formula is C18H17BrCl2N2O4S. The zero-order chi connectivity index (χ0) is 20.3. The van der Waals surface area contributed by atoms with Gasteiger partial charge in [-0.1, -0.05) is 69.5 Å². The predicted molar refractivity (Wildman–Crippen MR) is 111 cm³/mol. The highest BCUT2D eigenvalue weighted by Gasteiger charge is 2.33. The third kappa shape index (κ3) is 4.80. The van der Waals surface area contributed by atoms with Gasteiger partial charge in [-0.3, -0.25) is 0 Å². The van der Waals surface area contributed by atoms with Crippen molar-refractivity contribution < 1.29 is 17.9 Å². The Hall–Kier alpha value is -1.32. The molecule has 0 N–H and O–H groups in total. The van der Waals surface area contributed by atoms with Crippen molar-refractivity contribution in [2.45, 2.75) is 11.5 Å². The van der Waals surface area contributed by atoms with Gasteiger partial charge in [0.15, 0.2) is 0 Å². The number of piperazine rings is 1. The van der Waals surface area contributed by atoms with E-state index in [0.29, 0.717) is 4.47 Å². The molecule has 150 valence electrons. The fourth-order valence-electron chi connectivity index (χ4n) is 2.83. The maximum Gasteiger partial charge on any atom is 0.410 e. The van der Waals surface area contributed by atoms with E-state index in [1.807, 2.05) is 30.3 Å². The second-order valence-corrected chi connectivity index (χ2v) is 9.73. The SMILES string of the molecule is O=C(OCc1ccccc1)N1CCN(S(=O)(=O)c2c(Cl)cc(Br)cc2Cl)CC1. The van der Waals surface area contributed by atoms with Crippen LogP contribution in [0.15, 0.2) is 51.8 Å². The zero-order valence-electron chi connectivity index (χ0n) is 14.6. The third-order valence-electron chi connectivity index (χ3n) is 4.26. The molecule has 1 aliphatic heterocycles. The van der Waals surface area contributed by atoms with Crippen LogP contribution in [0.25, 0.3) is 0 Å². The molecule has 6 nitrogen and oxygen atoms in total. The second kappa shape index (κ2) is 9.00. The lowest BCUT2D eigenvalue weighted by atomic mass is 10.2. The molecule has 10 heteroatoms. The summed E-state index contributed by atoms with van der Waals surface area (Å²) in [6.07, 6.45) is -0.472. The number of nitrogens with zero attached hydrogens (tertiary/aromatic N) is 2. The lowest BCUT2D eigenvalue weighted by Gasteiger charge is -2.33. The summed E-state index contributed by atoms with van der Waals surface area (Å²) in [7, 11) is -3.87. The molecule has 0 aliphatic carbocycles. The lowest BCUT2D eigenvalue weighted by Crippen LogP contribution is -2.50. The maximum absolute atomic E-state index is 12.9. The monoisotopic (exact) mass is 506 g/mol. The van der Waals surface area contributed by atoms with Gasteiger partial charge in [-0.2, -0.15) is 4.31 Å². The van der Waals surface area contributed by atoms with E-state index in [1.54, 1.807) is 0 Å². The van der Waals surface area contributed by atoms with Crippen molar-refractivity contribution in [1.82, 2.24) is 9.21 Å². The first kappa shape index (κ1) is 21.4. The Morgan fingerprint density at radius 1 is 1.04 bits per heavy atom. The first-order valence-corrected chi connectivity index (χ1v) is 11.4. The molecule has 0 spiro atoms. The van der Waals surface area contributed by atoms with E-state index in [2.05, 4.69) is 15.9 Å². The van der Waals surface area contributed by atoms with Gasteiger partial charge in [0.2, 0.25) is 10.0 Å². The Morgan fingerprint density at radius 2 is 1.61 bits per heavy atom. The summed E-state index contributed by atoms with van der Waals surface area (Å²) in [5.41, 5.74) is 0.886. The number of halogens is 3. The van der Waals surface area contributed by atoms with Gasteiger partial charge in [0, 0.05) is 30.7 Å². The number of hydrogen-bond acceptors (Lipinski definition) is 4. The smallest absolute Gasteiger partial charge is 0.410 e. The summed E-state index contributed by atoms with van der Waals surface area (Å²) in [6.45, 7) is 0.872. The number of ether oxygens (including phenoxy) is 1. The molecule has 1 amide bonds. The van der Waals surface area contributed by atoms with Crippen molar-refractivity contribution >= 4 is 55.2 Å². The summed E-state index contributed by atoms with van der Waals surface area (Å²) in [6, 6.07) is 12.3. The van der Waals surface area contributed by atoms with Gasteiger partial charge >= 0.3 is 6.09 Å². The lowest BCUT2D eigenvalue weighted by molar-refractivity contribution is 0.0838. The van der Waals surface area contributed by atoms with Gasteiger partial charge in [-0.25, -0.2) is 13.2 Å². The molecule has 1 fully saturated rings. The number of hydrogen-bond donors (Lipinski definition) is 0. The summed E-state index contributed by atoms with van der Waals surface area (Å²) in [4.78, 5) is 13.6. The van der Waals surface area contributed by atoms with Gasteiger partial charge < -0.3 is 9.64 Å². The van der Waals surface area contributed by atoms with E-state index in [-0.39, 0.29) is 47.7 Å². The minimum Gasteiger partial charge on any atom is -0.445 e. The number of rotatable bonds is 4. The Balaban J connectivity index is 1.62. The fourth-order valence-corrected chi connectivity index (χ4v) is 6.13. The van der Waals surface area contributed by atoms with Gasteiger partial charge in [0.1, 0.15) is 11.5 Å². The first-order valence-electron chi connectivity index (χ1n) is 8.39. The van der Waals surface area contributed by atoms with Crippen LogP contribution in [-0.2, 0) is 21.4 Å². The average Bonchev–Trinajstić information content (AvgIpc) is 2.66. The maximum atomic E-state index is 12.9. The standard InChI is InChI=1S/C18H17BrCl2N2O4S/c19-14-10-15(20)17(16(21)11-14)28(25,26)23-8-6-22(7-9-23)18(24)27-12-13-4-2-1-3-5-13/h1-5,10-11H,6-9,12H2. The van der Waals surface area contributed by atoms with Gasteiger partial charge in [0.25, 0.3) is 0 Å². The van der Waals surface area contributed by atoms with Crippen LogP contribution in [0.4, 0.5) is 4.79 Å². The van der Waals surface area contributed by atoms with Crippen LogP contribution in [0.3, 0.4) is 0 Å². The molecule has 2 aromatic carbocycles. The van der Waals surface area contributed by atoms with Crippen molar-refractivity contribution in [3.05, 3.63) is 62.5 Å². The van der Waals surface area contributed by atoms with Crippen molar-refractivity contribution in [2.75, 3.05) is 26.2 Å². The molecule has 0 unspecified atom stereocenters. The van der Waals surface area contributed by atoms with E-state index in [1.165, 1.54) is 21.3 Å². The van der Waals surface area contributed by atoms with Crippen LogP contribution < -0.4 is 0 Å². The molecule has 1 aliphatic rings. The summed E-state index contributed by atoms with van der Waals surface area (Å²) < 4.78 is 33.0. The van der Waals surface area contributed by atoms with E-state index in [9.17, 15) is 13.2 Å². The van der Waals surface area contributed by atoms with Gasteiger partial charge in [-0.15, -0.1) is 0 Å². The summed E-state index contributed by atoms with van der Waals surface area (Å²) in [5.74, 6) is 0. The van der Waals surface area contributed by atoms with E-state index in [4.69, 9.17) is 27.9 Å². The molecule has 0 saturated carbocycles. The molecule has 0 bridgehead atoms. The number of amides is 1. The highest BCUT2D eigenvalue weighted by molar-refractivity contribution is 9.10. The van der Waals surface area contributed by atoms with Crippen molar-refractivity contribution in [2.24, 2.45) is 0 Å². The molecule has 28 heavy (non-hydrogen) atoms. The van der Waals surface area contributed by atoms with E-state index in [0.717, 1.165) is 5.56 Å². The van der Waals surface area contributed by atoms with Crippen LogP contribution >= 0.6 is 39.1 Å². The van der Waals surface area contributed by atoms with Crippen molar-refractivity contribution in [3.8, 4) is 0 Å². The van der Waals surface area contributed by atoms with E-state index >= 15 is 0 Å². The van der Waals surface area contributed by atoms with Gasteiger partial charge in [0.05, 0.1) is 10.0 Å². The largest absolute Gasteiger partial charge is 0.445 e. The quantitative estimate of drug-likeness (QED) is 0.615. The minimum absolute atomic E-state index is 0.0454. The van der Waals surface area contributed by atoms with Crippen molar-refractivity contribution in [3.63, 3.8) is 0 Å². The molecule has 3 rings (SSSR count). The predicted octanol–water partition coefficient (Wildman–Crippen LogP) is 4.40. The average molecular weight is 508 g/mol. The van der Waals surface area contributed by atoms with Crippen LogP contribution in [0.1, 0.15) is 5.56 Å². The van der Waals surface area contributed by atoms with Crippen LogP contribution in [0.5, 0.6) is 0 Å². The molecule has 0 atom stereocenters. The number of sulfonamides is 1.